The van der Waals surface area contributed by atoms with Gasteiger partial charge in [0.1, 0.15) is 5.82 Å². The Morgan fingerprint density at radius 1 is 1.47 bits per heavy atom. The lowest BCUT2D eigenvalue weighted by Crippen LogP contribution is -2.10. The number of hydrogen-bond acceptors (Lipinski definition) is 5. The molecule has 0 radical (unpaired) electrons. The van der Waals surface area contributed by atoms with E-state index in [0.717, 1.165) is 28.5 Å². The van der Waals surface area contributed by atoms with Crippen molar-refractivity contribution in [2.24, 2.45) is 11.7 Å². The summed E-state index contributed by atoms with van der Waals surface area (Å²) in [5.41, 5.74) is 6.87. The van der Waals surface area contributed by atoms with Crippen molar-refractivity contribution in [3.05, 3.63) is 28.8 Å². The van der Waals surface area contributed by atoms with Crippen LogP contribution in [-0.4, -0.2) is 20.9 Å². The van der Waals surface area contributed by atoms with Crippen molar-refractivity contribution in [2.45, 2.75) is 26.2 Å². The first-order chi connectivity index (χ1) is 9.06. The molecule has 3 rings (SSSR count). The molecule has 2 unspecified atom stereocenters. The molecule has 1 fully saturated rings. The molecule has 2 heterocycles. The highest BCUT2D eigenvalue weighted by molar-refractivity contribution is 7.17. The smallest absolute Gasteiger partial charge is 0.277 e. The number of carbonyl (C=O) groups excluding carboxylic acids is 1. The zero-order valence-corrected chi connectivity index (χ0v) is 11.6. The summed E-state index contributed by atoms with van der Waals surface area (Å²) < 4.78 is 0. The lowest BCUT2D eigenvalue weighted by molar-refractivity contribution is 0.1000. The van der Waals surface area contributed by atoms with Gasteiger partial charge in [-0.25, -0.2) is 15.0 Å². The fraction of sp³-hybridized carbons (Fsp3) is 0.385. The summed E-state index contributed by atoms with van der Waals surface area (Å²) in [5.74, 6) is 1.53. The highest BCUT2D eigenvalue weighted by Gasteiger charge is 2.36. The van der Waals surface area contributed by atoms with E-state index in [1.807, 2.05) is 13.0 Å². The molecule has 0 spiro atoms. The molecule has 5 nitrogen and oxygen atoms in total. The Kier molecular flexibility index (Phi) is 2.82. The van der Waals surface area contributed by atoms with E-state index >= 15 is 0 Å². The summed E-state index contributed by atoms with van der Waals surface area (Å²) in [5, 5.41) is 0.326. The van der Waals surface area contributed by atoms with Gasteiger partial charge in [-0.1, -0.05) is 6.92 Å². The van der Waals surface area contributed by atoms with Gasteiger partial charge in [0.15, 0.2) is 5.01 Å². The molecule has 1 amide bonds. The fourth-order valence-corrected chi connectivity index (χ4v) is 2.99. The normalized spacial score (nSPS) is 21.4. The Labute approximate surface area is 114 Å². The number of aromatic nitrogens is 3. The predicted octanol–water partition coefficient (Wildman–Crippen LogP) is 2.13. The van der Waals surface area contributed by atoms with Crippen molar-refractivity contribution in [2.75, 3.05) is 0 Å². The molecule has 0 aliphatic heterocycles. The lowest BCUT2D eigenvalue weighted by atomic mass is 10.2. The molecular formula is C13H14N4OS. The summed E-state index contributed by atoms with van der Waals surface area (Å²) in [4.78, 5) is 25.2. The van der Waals surface area contributed by atoms with Crippen LogP contribution in [0.25, 0.3) is 10.6 Å². The second-order valence-corrected chi connectivity index (χ2v) is 5.92. The van der Waals surface area contributed by atoms with Gasteiger partial charge in [-0.15, -0.1) is 11.3 Å². The maximum atomic E-state index is 11.2. The Bertz CT molecular complexity index is 652. The van der Waals surface area contributed by atoms with E-state index in [9.17, 15) is 4.79 Å². The fourth-order valence-electron chi connectivity index (χ4n) is 2.10. The average Bonchev–Trinajstić information content (AvgIpc) is 2.97. The zero-order chi connectivity index (χ0) is 13.6. The number of aryl methyl sites for hydroxylation is 1. The summed E-state index contributed by atoms with van der Waals surface area (Å²) in [6.45, 7) is 4.06. The zero-order valence-electron chi connectivity index (χ0n) is 10.8. The van der Waals surface area contributed by atoms with Crippen LogP contribution in [0.3, 0.4) is 0 Å². The van der Waals surface area contributed by atoms with Crippen molar-refractivity contribution in [3.63, 3.8) is 0 Å². The van der Waals surface area contributed by atoms with Crippen LogP contribution in [0, 0.1) is 12.8 Å². The van der Waals surface area contributed by atoms with Gasteiger partial charge in [0.05, 0.1) is 16.3 Å². The molecule has 2 aromatic heterocycles. The first kappa shape index (κ1) is 12.2. The van der Waals surface area contributed by atoms with Crippen molar-refractivity contribution in [3.8, 4) is 10.6 Å². The Morgan fingerprint density at radius 3 is 2.79 bits per heavy atom. The van der Waals surface area contributed by atoms with E-state index in [4.69, 9.17) is 5.73 Å². The number of primary amides is 1. The van der Waals surface area contributed by atoms with Gasteiger partial charge in [0, 0.05) is 12.1 Å². The van der Waals surface area contributed by atoms with Crippen molar-refractivity contribution in [1.29, 1.82) is 0 Å². The van der Waals surface area contributed by atoms with Crippen LogP contribution in [0.1, 0.15) is 40.6 Å². The highest BCUT2D eigenvalue weighted by atomic mass is 32.1. The van der Waals surface area contributed by atoms with Crippen molar-refractivity contribution < 1.29 is 4.79 Å². The predicted molar refractivity (Wildman–Crippen MR) is 72.9 cm³/mol. The molecule has 6 heteroatoms. The van der Waals surface area contributed by atoms with Gasteiger partial charge in [-0.05, 0) is 25.3 Å². The van der Waals surface area contributed by atoms with Crippen LogP contribution in [0.4, 0.5) is 0 Å². The molecule has 1 saturated carbocycles. The minimum absolute atomic E-state index is 0.326. The van der Waals surface area contributed by atoms with E-state index in [0.29, 0.717) is 16.8 Å². The first-order valence-corrected chi connectivity index (χ1v) is 6.98. The molecule has 2 N–H and O–H groups in total. The van der Waals surface area contributed by atoms with Gasteiger partial charge in [-0.3, -0.25) is 4.79 Å². The van der Waals surface area contributed by atoms with E-state index in [1.165, 1.54) is 11.3 Å². The average molecular weight is 274 g/mol. The molecule has 0 saturated heterocycles. The Balaban J connectivity index is 1.99. The van der Waals surface area contributed by atoms with Gasteiger partial charge >= 0.3 is 0 Å². The summed E-state index contributed by atoms with van der Waals surface area (Å²) in [6.07, 6.45) is 2.92. The number of amides is 1. The molecule has 0 aromatic carbocycles. The molecule has 1 aliphatic carbocycles. The van der Waals surface area contributed by atoms with E-state index in [2.05, 4.69) is 21.9 Å². The van der Waals surface area contributed by atoms with Crippen LogP contribution in [-0.2, 0) is 0 Å². The quantitative estimate of drug-likeness (QED) is 0.929. The van der Waals surface area contributed by atoms with E-state index in [1.54, 1.807) is 6.20 Å². The Hall–Kier alpha value is -1.82. The summed E-state index contributed by atoms with van der Waals surface area (Å²) in [6, 6.07) is 1.85. The number of rotatable bonds is 3. The molecular weight excluding hydrogens is 260 g/mol. The third-order valence-corrected chi connectivity index (χ3v) is 4.55. The van der Waals surface area contributed by atoms with Crippen molar-refractivity contribution in [1.82, 2.24) is 15.0 Å². The Morgan fingerprint density at radius 2 is 2.21 bits per heavy atom. The lowest BCUT2D eigenvalue weighted by Gasteiger charge is -2.01. The van der Waals surface area contributed by atoms with Crippen LogP contribution in [0.2, 0.25) is 0 Å². The maximum absolute atomic E-state index is 11.2. The molecule has 98 valence electrons. The SMILES string of the molecule is Cc1nc(C(N)=O)sc1-c1ccnc(C2CC2C)n1. The number of nitrogens with zero attached hydrogens (tertiary/aromatic N) is 3. The second-order valence-electron chi connectivity index (χ2n) is 4.92. The van der Waals surface area contributed by atoms with Crippen LogP contribution in [0.5, 0.6) is 0 Å². The topological polar surface area (TPSA) is 81.8 Å². The minimum atomic E-state index is -0.496. The minimum Gasteiger partial charge on any atom is -0.364 e. The molecule has 19 heavy (non-hydrogen) atoms. The second kappa shape index (κ2) is 4.38. The third-order valence-electron chi connectivity index (χ3n) is 3.36. The van der Waals surface area contributed by atoms with Crippen molar-refractivity contribution >= 4 is 17.2 Å². The maximum Gasteiger partial charge on any atom is 0.277 e. The number of hydrogen-bond donors (Lipinski definition) is 1. The number of thiazole rings is 1. The number of carbonyl (C=O) groups is 1. The molecule has 0 bridgehead atoms. The van der Waals surface area contributed by atoms with Gasteiger partial charge in [-0.2, -0.15) is 0 Å². The third kappa shape index (κ3) is 2.23. The summed E-state index contributed by atoms with van der Waals surface area (Å²) in [7, 11) is 0. The molecule has 1 aliphatic rings. The van der Waals surface area contributed by atoms with Gasteiger partial charge in [0.2, 0.25) is 0 Å². The van der Waals surface area contributed by atoms with Gasteiger partial charge < -0.3 is 5.73 Å². The molecule has 2 atom stereocenters. The van der Waals surface area contributed by atoms with Crippen LogP contribution in [0.15, 0.2) is 12.3 Å². The van der Waals surface area contributed by atoms with Gasteiger partial charge in [0.25, 0.3) is 5.91 Å². The number of nitrogens with two attached hydrogens (primary N) is 1. The van der Waals surface area contributed by atoms with E-state index in [-0.39, 0.29) is 0 Å². The van der Waals surface area contributed by atoms with Crippen LogP contribution < -0.4 is 5.73 Å². The first-order valence-electron chi connectivity index (χ1n) is 6.17. The molecule has 2 aromatic rings. The van der Waals surface area contributed by atoms with Crippen LogP contribution >= 0.6 is 11.3 Å². The monoisotopic (exact) mass is 274 g/mol. The summed E-state index contributed by atoms with van der Waals surface area (Å²) >= 11 is 1.29. The highest BCUT2D eigenvalue weighted by Crippen LogP contribution is 2.45. The largest absolute Gasteiger partial charge is 0.364 e. The standard InChI is InChI=1S/C13H14N4OS/c1-6-5-8(6)12-15-4-3-9(17-12)10-7(2)16-13(19-10)11(14)18/h3-4,6,8H,5H2,1-2H3,(H2,14,18). The van der Waals surface area contributed by atoms with E-state index < -0.39 is 5.91 Å².